The number of aliphatic hydroxyl groups is 1. The number of carbonyl (C=O) groups excluding carboxylic acids is 2. The number of Topliss-reactive ketones (excluding diaryl/α,β-unsaturated/α-hetero) is 1. The minimum Gasteiger partial charge on any atom is -0.507 e. The molecule has 156 valence electrons. The van der Waals surface area contributed by atoms with E-state index in [9.17, 15) is 14.7 Å². The Morgan fingerprint density at radius 3 is 2.57 bits per heavy atom. The van der Waals surface area contributed by atoms with Crippen molar-refractivity contribution in [1.82, 2.24) is 14.8 Å². The Morgan fingerprint density at radius 1 is 1.23 bits per heavy atom. The number of ether oxygens (including phenoxy) is 1. The Hall–Kier alpha value is -3.45. The van der Waals surface area contributed by atoms with E-state index < -0.39 is 17.7 Å². The van der Waals surface area contributed by atoms with Crippen molar-refractivity contribution >= 4 is 17.4 Å². The molecule has 1 aliphatic rings. The summed E-state index contributed by atoms with van der Waals surface area (Å²) in [6.07, 6.45) is 3.24. The lowest BCUT2D eigenvalue weighted by atomic mass is 9.98. The van der Waals surface area contributed by atoms with E-state index in [1.807, 2.05) is 19.0 Å². The number of aliphatic hydroxyl groups excluding tert-OH is 1. The fourth-order valence-electron chi connectivity index (χ4n) is 3.28. The first-order valence-electron chi connectivity index (χ1n) is 9.62. The fraction of sp³-hybridized carbons (Fsp3) is 0.261. The molecule has 7 heteroatoms. The summed E-state index contributed by atoms with van der Waals surface area (Å²) < 4.78 is 5.46. The third-order valence-corrected chi connectivity index (χ3v) is 4.79. The van der Waals surface area contributed by atoms with E-state index in [0.717, 1.165) is 0 Å². The number of pyridine rings is 1. The highest BCUT2D eigenvalue weighted by molar-refractivity contribution is 6.46. The zero-order valence-electron chi connectivity index (χ0n) is 17.1. The number of benzene rings is 1. The maximum Gasteiger partial charge on any atom is 0.295 e. The molecule has 0 bridgehead atoms. The average molecular weight is 407 g/mol. The van der Waals surface area contributed by atoms with Gasteiger partial charge in [-0.15, -0.1) is 0 Å². The predicted octanol–water partition coefficient (Wildman–Crippen LogP) is 2.63. The van der Waals surface area contributed by atoms with Crippen molar-refractivity contribution in [3.63, 3.8) is 0 Å². The molecule has 1 atom stereocenters. The average Bonchev–Trinajstić information content (AvgIpc) is 3.01. The van der Waals surface area contributed by atoms with Crippen molar-refractivity contribution in [2.45, 2.75) is 6.04 Å². The second-order valence-corrected chi connectivity index (χ2v) is 7.17. The molecule has 1 aliphatic heterocycles. The van der Waals surface area contributed by atoms with Crippen molar-refractivity contribution in [3.05, 3.63) is 78.1 Å². The van der Waals surface area contributed by atoms with Crippen molar-refractivity contribution < 1.29 is 19.4 Å². The molecule has 1 aromatic heterocycles. The zero-order chi connectivity index (χ0) is 21.7. The van der Waals surface area contributed by atoms with Crippen LogP contribution in [0, 0.1) is 0 Å². The lowest BCUT2D eigenvalue weighted by Crippen LogP contribution is -2.35. The molecule has 30 heavy (non-hydrogen) atoms. The minimum absolute atomic E-state index is 0.0391. The molecule has 0 saturated carbocycles. The van der Waals surface area contributed by atoms with Gasteiger partial charge >= 0.3 is 0 Å². The maximum absolute atomic E-state index is 12.9. The quantitative estimate of drug-likeness (QED) is 0.314. The first-order valence-corrected chi connectivity index (χ1v) is 9.62. The van der Waals surface area contributed by atoms with E-state index in [1.165, 1.54) is 4.90 Å². The first-order chi connectivity index (χ1) is 14.4. The number of aromatic nitrogens is 1. The summed E-state index contributed by atoms with van der Waals surface area (Å²) in [5.74, 6) is -0.973. The van der Waals surface area contributed by atoms with Gasteiger partial charge in [0.2, 0.25) is 0 Å². The van der Waals surface area contributed by atoms with E-state index in [-0.39, 0.29) is 11.3 Å². The van der Waals surface area contributed by atoms with Crippen LogP contribution in [-0.4, -0.2) is 65.4 Å². The number of nitrogens with zero attached hydrogens (tertiary/aromatic N) is 3. The SMILES string of the molecule is C=CCOc1ccc(/C(O)=C2\C(=O)C(=O)N(CCN(C)C)C2c2ccccn2)cc1. The van der Waals surface area contributed by atoms with Crippen molar-refractivity contribution in [3.8, 4) is 5.75 Å². The van der Waals surface area contributed by atoms with Crippen LogP contribution in [0.15, 0.2) is 66.9 Å². The number of rotatable bonds is 8. The van der Waals surface area contributed by atoms with Gasteiger partial charge in [-0.1, -0.05) is 18.7 Å². The monoisotopic (exact) mass is 407 g/mol. The van der Waals surface area contributed by atoms with E-state index in [0.29, 0.717) is 36.7 Å². The van der Waals surface area contributed by atoms with Crippen LogP contribution in [0.3, 0.4) is 0 Å². The minimum atomic E-state index is -0.747. The maximum atomic E-state index is 12.9. The van der Waals surface area contributed by atoms with Crippen LogP contribution in [0.2, 0.25) is 0 Å². The van der Waals surface area contributed by atoms with Crippen LogP contribution < -0.4 is 4.74 Å². The summed E-state index contributed by atoms with van der Waals surface area (Å²) in [4.78, 5) is 33.4. The van der Waals surface area contributed by atoms with Gasteiger partial charge in [-0.25, -0.2) is 0 Å². The Labute approximate surface area is 175 Å². The molecule has 3 rings (SSSR count). The third-order valence-electron chi connectivity index (χ3n) is 4.79. The molecule has 7 nitrogen and oxygen atoms in total. The molecule has 0 radical (unpaired) electrons. The molecule has 1 amide bonds. The van der Waals surface area contributed by atoms with Crippen LogP contribution in [0.5, 0.6) is 5.75 Å². The third kappa shape index (κ3) is 4.41. The predicted molar refractivity (Wildman–Crippen MR) is 114 cm³/mol. The molecule has 2 heterocycles. The number of carbonyl (C=O) groups is 2. The molecular weight excluding hydrogens is 382 g/mol. The number of ketones is 1. The summed E-state index contributed by atoms with van der Waals surface area (Å²) in [6.45, 7) is 4.88. The fourth-order valence-corrected chi connectivity index (χ4v) is 3.28. The van der Waals surface area contributed by atoms with Crippen LogP contribution in [0.1, 0.15) is 17.3 Å². The highest BCUT2D eigenvalue weighted by Crippen LogP contribution is 2.38. The number of hydrogen-bond donors (Lipinski definition) is 1. The lowest BCUT2D eigenvalue weighted by molar-refractivity contribution is -0.140. The zero-order valence-corrected chi connectivity index (χ0v) is 17.1. The summed E-state index contributed by atoms with van der Waals surface area (Å²) in [6, 6.07) is 11.2. The molecule has 1 unspecified atom stereocenters. The van der Waals surface area contributed by atoms with E-state index in [1.54, 1.807) is 54.7 Å². The van der Waals surface area contributed by atoms with E-state index >= 15 is 0 Å². The summed E-state index contributed by atoms with van der Waals surface area (Å²) in [7, 11) is 3.78. The second kappa shape index (κ2) is 9.37. The second-order valence-electron chi connectivity index (χ2n) is 7.17. The Morgan fingerprint density at radius 2 is 1.97 bits per heavy atom. The molecular formula is C23H25N3O4. The summed E-state index contributed by atoms with van der Waals surface area (Å²) in [5.41, 5.74) is 0.993. The van der Waals surface area contributed by atoms with E-state index in [4.69, 9.17) is 4.74 Å². The number of likely N-dealkylation sites (N-methyl/N-ethyl adjacent to an activating group) is 1. The molecule has 2 aromatic rings. The molecule has 0 aliphatic carbocycles. The molecule has 1 saturated heterocycles. The Kier molecular flexibility index (Phi) is 6.64. The van der Waals surface area contributed by atoms with Gasteiger partial charge in [0.05, 0.1) is 11.3 Å². The van der Waals surface area contributed by atoms with Crippen LogP contribution >= 0.6 is 0 Å². The topological polar surface area (TPSA) is 83.0 Å². The van der Waals surface area contributed by atoms with Crippen LogP contribution in [0.4, 0.5) is 0 Å². The Bertz CT molecular complexity index is 952. The van der Waals surface area contributed by atoms with Crippen molar-refractivity contribution in [1.29, 1.82) is 0 Å². The molecule has 1 aromatic carbocycles. The van der Waals surface area contributed by atoms with E-state index in [2.05, 4.69) is 11.6 Å². The molecule has 1 N–H and O–H groups in total. The largest absolute Gasteiger partial charge is 0.507 e. The molecule has 0 spiro atoms. The summed E-state index contributed by atoms with van der Waals surface area (Å²) in [5, 5.41) is 11.0. The lowest BCUT2D eigenvalue weighted by Gasteiger charge is -2.25. The number of amides is 1. The summed E-state index contributed by atoms with van der Waals surface area (Å²) >= 11 is 0. The standard InChI is InChI=1S/C23H25N3O4/c1-4-15-30-17-10-8-16(9-11-17)21(27)19-20(18-7-5-6-12-24-18)26(14-13-25(2)3)23(29)22(19)28/h4-12,20,27H,1,13-15H2,2-3H3/b21-19+. The van der Waals surface area contributed by atoms with Gasteiger partial charge in [0, 0.05) is 24.8 Å². The Balaban J connectivity index is 2.03. The van der Waals surface area contributed by atoms with Crippen LogP contribution in [-0.2, 0) is 9.59 Å². The van der Waals surface area contributed by atoms with Gasteiger partial charge in [-0.3, -0.25) is 14.6 Å². The first kappa shape index (κ1) is 21.3. The van der Waals surface area contributed by atoms with Crippen LogP contribution in [0.25, 0.3) is 5.76 Å². The highest BCUT2D eigenvalue weighted by Gasteiger charge is 2.46. The smallest absolute Gasteiger partial charge is 0.295 e. The molecule has 1 fully saturated rings. The van der Waals surface area contributed by atoms with Crippen molar-refractivity contribution in [2.24, 2.45) is 0 Å². The number of likely N-dealkylation sites (tertiary alicyclic amines) is 1. The van der Waals surface area contributed by atoms with Crippen molar-refractivity contribution in [2.75, 3.05) is 33.8 Å². The normalized spacial score (nSPS) is 18.1. The highest BCUT2D eigenvalue weighted by atomic mass is 16.5. The number of hydrogen-bond acceptors (Lipinski definition) is 6. The van der Waals surface area contributed by atoms with Gasteiger partial charge in [-0.05, 0) is 50.5 Å². The van der Waals surface area contributed by atoms with Gasteiger partial charge in [0.1, 0.15) is 24.2 Å². The van der Waals surface area contributed by atoms with Gasteiger partial charge in [-0.2, -0.15) is 0 Å². The van der Waals surface area contributed by atoms with Gasteiger partial charge in [0.15, 0.2) is 0 Å². The van der Waals surface area contributed by atoms with Gasteiger partial charge < -0.3 is 19.6 Å². The van der Waals surface area contributed by atoms with Gasteiger partial charge in [0.25, 0.3) is 11.7 Å².